The largest absolute Gasteiger partial charge is 0.352 e. The van der Waals surface area contributed by atoms with E-state index in [1.165, 1.54) is 22.5 Å². The van der Waals surface area contributed by atoms with Crippen LogP contribution in [-0.2, 0) is 27.1 Å². The highest BCUT2D eigenvalue weighted by Gasteiger charge is 2.32. The molecule has 3 aromatic rings. The Morgan fingerprint density at radius 3 is 2.50 bits per heavy atom. The summed E-state index contributed by atoms with van der Waals surface area (Å²) in [7, 11) is -3.74. The zero-order valence-corrected chi connectivity index (χ0v) is 20.3. The number of halogens is 2. The molecule has 0 bridgehead atoms. The van der Waals surface area contributed by atoms with E-state index in [4.69, 9.17) is 11.6 Å². The number of sulfonamides is 1. The fraction of sp³-hybridized carbons (Fsp3) is 0.333. The van der Waals surface area contributed by atoms with Crippen molar-refractivity contribution in [2.45, 2.75) is 32.1 Å². The molecule has 180 valence electrons. The second-order valence-electron chi connectivity index (χ2n) is 8.36. The van der Waals surface area contributed by atoms with Crippen LogP contribution in [0.1, 0.15) is 29.8 Å². The van der Waals surface area contributed by atoms with Gasteiger partial charge in [-0.1, -0.05) is 29.8 Å². The molecular weight excluding hydrogens is 479 g/mol. The van der Waals surface area contributed by atoms with E-state index in [2.05, 4.69) is 10.3 Å². The molecular formula is C24H26ClFN4O3S. The van der Waals surface area contributed by atoms with Gasteiger partial charge in [0, 0.05) is 54.2 Å². The van der Waals surface area contributed by atoms with Crippen LogP contribution in [0.15, 0.2) is 54.9 Å². The molecule has 0 spiro atoms. The van der Waals surface area contributed by atoms with Crippen LogP contribution >= 0.6 is 11.6 Å². The van der Waals surface area contributed by atoms with Gasteiger partial charge in [0.15, 0.2) is 0 Å². The minimum absolute atomic E-state index is 0.0294. The van der Waals surface area contributed by atoms with Gasteiger partial charge in [0.25, 0.3) is 0 Å². The van der Waals surface area contributed by atoms with Crippen molar-refractivity contribution in [1.29, 1.82) is 0 Å². The summed E-state index contributed by atoms with van der Waals surface area (Å²) in [5.74, 6) is -0.603. The van der Waals surface area contributed by atoms with Gasteiger partial charge in [-0.15, -0.1) is 0 Å². The Hall–Kier alpha value is -2.75. The number of nitrogens with zero attached hydrogens (tertiary/aromatic N) is 3. The molecule has 0 radical (unpaired) electrons. The van der Waals surface area contributed by atoms with Crippen LogP contribution in [0.2, 0.25) is 5.02 Å². The molecule has 1 aliphatic rings. The summed E-state index contributed by atoms with van der Waals surface area (Å²) in [5.41, 5.74) is 1.94. The van der Waals surface area contributed by atoms with E-state index in [9.17, 15) is 17.6 Å². The number of carbonyl (C=O) groups excluding carboxylic acids is 1. The van der Waals surface area contributed by atoms with E-state index in [1.54, 1.807) is 6.20 Å². The van der Waals surface area contributed by atoms with Crippen molar-refractivity contribution in [1.82, 2.24) is 19.2 Å². The maximum Gasteiger partial charge on any atom is 0.223 e. The Bertz CT molecular complexity index is 1250. The fourth-order valence-corrected chi connectivity index (χ4v) is 6.02. The van der Waals surface area contributed by atoms with Crippen molar-refractivity contribution in [3.05, 3.63) is 82.6 Å². The number of imidazole rings is 1. The fourth-order valence-electron chi connectivity index (χ4n) is 4.10. The van der Waals surface area contributed by atoms with Gasteiger partial charge in [0.2, 0.25) is 15.9 Å². The predicted octanol–water partition coefficient (Wildman–Crippen LogP) is 3.83. The second-order valence-corrected chi connectivity index (χ2v) is 10.7. The van der Waals surface area contributed by atoms with Crippen LogP contribution in [0.5, 0.6) is 0 Å². The third-order valence-electron chi connectivity index (χ3n) is 6.11. The molecule has 1 fully saturated rings. The van der Waals surface area contributed by atoms with E-state index >= 15 is 0 Å². The van der Waals surface area contributed by atoms with Crippen LogP contribution in [0.25, 0.3) is 5.69 Å². The standard InChI is InChI=1S/C24H26ClFN4O3S/c1-17-27-11-14-30(17)20-7-5-18(6-8-20)15-28-24(31)19-9-12-29(13-10-19)34(32,33)16-21-22(25)3-2-4-23(21)26/h2-8,11,14,19H,9-10,12-13,15-16H2,1H3,(H,28,31). The first kappa shape index (κ1) is 24.4. The molecule has 1 amide bonds. The summed E-state index contributed by atoms with van der Waals surface area (Å²) in [5, 5.41) is 3.04. The molecule has 2 aromatic carbocycles. The van der Waals surface area contributed by atoms with Gasteiger partial charge in [0.1, 0.15) is 11.6 Å². The molecule has 10 heteroatoms. The lowest BCUT2D eigenvalue weighted by Crippen LogP contribution is -2.43. The Morgan fingerprint density at radius 2 is 1.88 bits per heavy atom. The maximum atomic E-state index is 14.0. The summed E-state index contributed by atoms with van der Waals surface area (Å²) in [4.78, 5) is 16.9. The summed E-state index contributed by atoms with van der Waals surface area (Å²) >= 11 is 5.99. The van der Waals surface area contributed by atoms with Crippen LogP contribution in [0.4, 0.5) is 4.39 Å². The number of amides is 1. The van der Waals surface area contributed by atoms with Gasteiger partial charge in [-0.25, -0.2) is 22.1 Å². The number of rotatable bonds is 7. The lowest BCUT2D eigenvalue weighted by atomic mass is 9.97. The number of carbonyl (C=O) groups is 1. The van der Waals surface area contributed by atoms with Crippen LogP contribution in [-0.4, -0.2) is 41.3 Å². The molecule has 2 heterocycles. The number of piperidine rings is 1. The quantitative estimate of drug-likeness (QED) is 0.530. The van der Waals surface area contributed by atoms with Gasteiger partial charge in [-0.3, -0.25) is 4.79 Å². The van der Waals surface area contributed by atoms with E-state index < -0.39 is 21.6 Å². The minimum Gasteiger partial charge on any atom is -0.352 e. The van der Waals surface area contributed by atoms with Crippen molar-refractivity contribution in [2.24, 2.45) is 5.92 Å². The van der Waals surface area contributed by atoms with Crippen molar-refractivity contribution in [3.8, 4) is 5.69 Å². The normalized spacial score (nSPS) is 15.4. The first-order chi connectivity index (χ1) is 16.2. The summed E-state index contributed by atoms with van der Waals surface area (Å²) in [6, 6.07) is 12.0. The van der Waals surface area contributed by atoms with E-state index in [0.29, 0.717) is 19.4 Å². The number of benzene rings is 2. The van der Waals surface area contributed by atoms with Gasteiger partial charge in [-0.05, 0) is 49.6 Å². The van der Waals surface area contributed by atoms with E-state index in [-0.39, 0.29) is 35.5 Å². The van der Waals surface area contributed by atoms with Gasteiger partial charge in [-0.2, -0.15) is 0 Å². The van der Waals surface area contributed by atoms with Crippen molar-refractivity contribution in [3.63, 3.8) is 0 Å². The van der Waals surface area contributed by atoms with Crippen molar-refractivity contribution < 1.29 is 17.6 Å². The SMILES string of the molecule is Cc1nccn1-c1ccc(CNC(=O)C2CCN(S(=O)(=O)Cc3c(F)cccc3Cl)CC2)cc1. The number of aromatic nitrogens is 2. The van der Waals surface area contributed by atoms with Crippen molar-refractivity contribution >= 4 is 27.5 Å². The minimum atomic E-state index is -3.74. The zero-order chi connectivity index (χ0) is 24.3. The Morgan fingerprint density at radius 1 is 1.18 bits per heavy atom. The molecule has 0 unspecified atom stereocenters. The van der Waals surface area contributed by atoms with Gasteiger partial charge >= 0.3 is 0 Å². The number of hydrogen-bond acceptors (Lipinski definition) is 4. The first-order valence-corrected chi connectivity index (χ1v) is 13.0. The Kier molecular flexibility index (Phi) is 7.35. The molecule has 1 N–H and O–H groups in total. The highest BCUT2D eigenvalue weighted by molar-refractivity contribution is 7.88. The summed E-state index contributed by atoms with van der Waals surface area (Å²) in [6.45, 7) is 2.75. The number of nitrogens with one attached hydrogen (secondary N) is 1. The number of hydrogen-bond donors (Lipinski definition) is 1. The van der Waals surface area contributed by atoms with E-state index in [1.807, 2.05) is 42.0 Å². The van der Waals surface area contributed by atoms with Gasteiger partial charge < -0.3 is 9.88 Å². The smallest absolute Gasteiger partial charge is 0.223 e. The highest BCUT2D eigenvalue weighted by atomic mass is 35.5. The second kappa shape index (κ2) is 10.2. The monoisotopic (exact) mass is 504 g/mol. The summed E-state index contributed by atoms with van der Waals surface area (Å²) in [6.07, 6.45) is 4.46. The molecule has 7 nitrogen and oxygen atoms in total. The zero-order valence-electron chi connectivity index (χ0n) is 18.7. The maximum absolute atomic E-state index is 14.0. The topological polar surface area (TPSA) is 84.3 Å². The lowest BCUT2D eigenvalue weighted by molar-refractivity contribution is -0.126. The molecule has 34 heavy (non-hydrogen) atoms. The molecule has 0 aliphatic carbocycles. The molecule has 0 atom stereocenters. The van der Waals surface area contributed by atoms with Gasteiger partial charge in [0.05, 0.1) is 5.75 Å². The molecule has 1 aromatic heterocycles. The van der Waals surface area contributed by atoms with Crippen molar-refractivity contribution in [2.75, 3.05) is 13.1 Å². The molecule has 0 saturated carbocycles. The third-order valence-corrected chi connectivity index (χ3v) is 8.27. The Balaban J connectivity index is 1.28. The average molecular weight is 505 g/mol. The van der Waals surface area contributed by atoms with E-state index in [0.717, 1.165) is 17.1 Å². The predicted molar refractivity (Wildman–Crippen MR) is 128 cm³/mol. The Labute approximate surface area is 203 Å². The third kappa shape index (κ3) is 5.48. The number of aryl methyl sites for hydroxylation is 1. The highest BCUT2D eigenvalue weighted by Crippen LogP contribution is 2.26. The molecule has 1 aliphatic heterocycles. The molecule has 4 rings (SSSR count). The lowest BCUT2D eigenvalue weighted by Gasteiger charge is -2.30. The van der Waals surface area contributed by atoms with Crippen LogP contribution < -0.4 is 5.32 Å². The molecule has 1 saturated heterocycles. The van der Waals surface area contributed by atoms with Crippen LogP contribution in [0.3, 0.4) is 0 Å². The van der Waals surface area contributed by atoms with Crippen LogP contribution in [0, 0.1) is 18.7 Å². The first-order valence-electron chi connectivity index (χ1n) is 11.0. The summed E-state index contributed by atoms with van der Waals surface area (Å²) < 4.78 is 42.9. The average Bonchev–Trinajstić information content (AvgIpc) is 3.26.